The molecule has 79 valence electrons. The van der Waals surface area contributed by atoms with E-state index in [9.17, 15) is 14.8 Å². The fourth-order valence-corrected chi connectivity index (χ4v) is 3.34. The van der Waals surface area contributed by atoms with Crippen LogP contribution in [0.5, 0.6) is 0 Å². The Balaban J connectivity index is 5.10. The van der Waals surface area contributed by atoms with Crippen LogP contribution in [0.3, 0.4) is 0 Å². The number of rotatable bonds is 4. The lowest BCUT2D eigenvalue weighted by Crippen LogP contribution is -2.34. The molecule has 5 heteroatoms. The molecule has 13 heavy (non-hydrogen) atoms. The van der Waals surface area contributed by atoms with Crippen molar-refractivity contribution < 1.29 is 19.3 Å². The molecule has 0 saturated heterocycles. The molecule has 4 nitrogen and oxygen atoms in total. The molecule has 0 aliphatic carbocycles. The van der Waals surface area contributed by atoms with Crippen LogP contribution in [0.15, 0.2) is 0 Å². The van der Waals surface area contributed by atoms with Gasteiger partial charge in [0.15, 0.2) is 0 Å². The van der Waals surface area contributed by atoms with Crippen molar-refractivity contribution in [2.75, 3.05) is 6.61 Å². The van der Waals surface area contributed by atoms with E-state index in [0.717, 1.165) is 0 Å². The second-order valence-electron chi connectivity index (χ2n) is 3.87. The van der Waals surface area contributed by atoms with Crippen LogP contribution < -0.4 is 0 Å². The van der Waals surface area contributed by atoms with Gasteiger partial charge in [0.25, 0.3) is 7.37 Å². The molecule has 0 aromatic carbocycles. The minimum atomic E-state index is -3.54. The van der Waals surface area contributed by atoms with Gasteiger partial charge in [0, 0.05) is 0 Å². The standard InChI is InChI=1S/C8H18O4P/c1-6-12-13(11,7(2,3)9)8(4,5)10/h9-10H,1,6H2,2-5H3. The van der Waals surface area contributed by atoms with Crippen molar-refractivity contribution in [2.45, 2.75) is 38.4 Å². The Bertz CT molecular complexity index is 193. The van der Waals surface area contributed by atoms with E-state index in [1.54, 1.807) is 0 Å². The number of hydrogen-bond donors (Lipinski definition) is 2. The average molecular weight is 209 g/mol. The van der Waals surface area contributed by atoms with E-state index in [1.165, 1.54) is 27.7 Å². The Hall–Kier alpha value is 0.110. The monoisotopic (exact) mass is 209 g/mol. The topological polar surface area (TPSA) is 66.8 Å². The minimum Gasteiger partial charge on any atom is -0.380 e. The van der Waals surface area contributed by atoms with Gasteiger partial charge in [-0.25, -0.2) is 0 Å². The normalized spacial score (nSPS) is 14.7. The van der Waals surface area contributed by atoms with Crippen molar-refractivity contribution >= 4 is 7.37 Å². The summed E-state index contributed by atoms with van der Waals surface area (Å²) >= 11 is 0. The Morgan fingerprint density at radius 1 is 1.23 bits per heavy atom. The first-order valence-corrected chi connectivity index (χ1v) is 5.67. The average Bonchev–Trinajstić information content (AvgIpc) is 1.82. The molecule has 0 heterocycles. The maximum Gasteiger partial charge on any atom is 0.262 e. The van der Waals surface area contributed by atoms with Gasteiger partial charge in [-0.15, -0.1) is 0 Å². The second kappa shape index (κ2) is 3.70. The van der Waals surface area contributed by atoms with Gasteiger partial charge in [0.1, 0.15) is 10.7 Å². The van der Waals surface area contributed by atoms with Gasteiger partial charge in [-0.1, -0.05) is 0 Å². The summed E-state index contributed by atoms with van der Waals surface area (Å²) < 4.78 is 17.0. The fraction of sp³-hybridized carbons (Fsp3) is 0.875. The largest absolute Gasteiger partial charge is 0.380 e. The first kappa shape index (κ1) is 13.1. The second-order valence-corrected chi connectivity index (χ2v) is 7.42. The predicted molar refractivity (Wildman–Crippen MR) is 51.5 cm³/mol. The van der Waals surface area contributed by atoms with Gasteiger partial charge >= 0.3 is 0 Å². The van der Waals surface area contributed by atoms with Gasteiger partial charge < -0.3 is 14.7 Å². The SMILES string of the molecule is [CH2]COP(=O)(C(C)(C)O)C(C)(C)O. The molecule has 0 spiro atoms. The number of aliphatic hydroxyl groups is 2. The molecular formula is C8H18O4P. The molecule has 0 rings (SSSR count). The highest BCUT2D eigenvalue weighted by atomic mass is 31.2. The Labute approximate surface area is 79.4 Å². The Kier molecular flexibility index (Phi) is 3.73. The van der Waals surface area contributed by atoms with Crippen molar-refractivity contribution in [3.63, 3.8) is 0 Å². The van der Waals surface area contributed by atoms with E-state index < -0.39 is 18.1 Å². The van der Waals surface area contributed by atoms with Crippen molar-refractivity contribution in [3.8, 4) is 0 Å². The van der Waals surface area contributed by atoms with Gasteiger partial charge in [-0.05, 0) is 34.6 Å². The lowest BCUT2D eigenvalue weighted by Gasteiger charge is -2.37. The fourth-order valence-electron chi connectivity index (χ4n) is 1.11. The van der Waals surface area contributed by atoms with Crippen molar-refractivity contribution in [3.05, 3.63) is 6.92 Å². The molecule has 0 aliphatic rings. The summed E-state index contributed by atoms with van der Waals surface area (Å²) in [6.45, 7) is 8.73. The molecule has 0 aliphatic heterocycles. The maximum atomic E-state index is 12.1. The Morgan fingerprint density at radius 2 is 1.54 bits per heavy atom. The summed E-state index contributed by atoms with van der Waals surface area (Å²) in [5.74, 6) is 0. The van der Waals surface area contributed by atoms with E-state index in [2.05, 4.69) is 6.92 Å². The summed E-state index contributed by atoms with van der Waals surface area (Å²) in [7, 11) is -3.54. The van der Waals surface area contributed by atoms with Crippen molar-refractivity contribution in [1.29, 1.82) is 0 Å². The smallest absolute Gasteiger partial charge is 0.262 e. The number of hydrogen-bond acceptors (Lipinski definition) is 4. The highest BCUT2D eigenvalue weighted by Crippen LogP contribution is 2.65. The van der Waals surface area contributed by atoms with Crippen LogP contribution in [-0.2, 0) is 9.09 Å². The van der Waals surface area contributed by atoms with Gasteiger partial charge in [-0.2, -0.15) is 0 Å². The molecule has 0 unspecified atom stereocenters. The zero-order valence-corrected chi connectivity index (χ0v) is 9.47. The predicted octanol–water partition coefficient (Wildman–Crippen LogP) is 1.57. The molecule has 0 aromatic rings. The minimum absolute atomic E-state index is 0.0503. The lowest BCUT2D eigenvalue weighted by molar-refractivity contribution is 0.0850. The first-order valence-electron chi connectivity index (χ1n) is 4.05. The third-order valence-corrected chi connectivity index (χ3v) is 5.14. The molecule has 0 bridgehead atoms. The van der Waals surface area contributed by atoms with Crippen molar-refractivity contribution in [1.82, 2.24) is 0 Å². The summed E-state index contributed by atoms with van der Waals surface area (Å²) in [5.41, 5.74) is 0. The van der Waals surface area contributed by atoms with E-state index in [4.69, 9.17) is 4.52 Å². The molecule has 0 aromatic heterocycles. The summed E-state index contributed by atoms with van der Waals surface area (Å²) in [5, 5.41) is 16.1. The van der Waals surface area contributed by atoms with Crippen molar-refractivity contribution in [2.24, 2.45) is 0 Å². The molecule has 0 saturated carbocycles. The van der Waals surface area contributed by atoms with E-state index >= 15 is 0 Å². The van der Waals surface area contributed by atoms with Gasteiger partial charge in [0.2, 0.25) is 0 Å². The Morgan fingerprint density at radius 3 is 1.62 bits per heavy atom. The zero-order chi connectivity index (χ0) is 10.9. The van der Waals surface area contributed by atoms with Crippen LogP contribution in [-0.4, -0.2) is 27.5 Å². The zero-order valence-electron chi connectivity index (χ0n) is 8.57. The molecule has 0 fully saturated rings. The molecule has 1 radical (unpaired) electrons. The van der Waals surface area contributed by atoms with Gasteiger partial charge in [0.05, 0.1) is 6.61 Å². The van der Waals surface area contributed by atoms with Gasteiger partial charge in [-0.3, -0.25) is 4.57 Å². The van der Waals surface area contributed by atoms with Crippen LogP contribution in [0.25, 0.3) is 0 Å². The maximum absolute atomic E-state index is 12.1. The molecular weight excluding hydrogens is 191 g/mol. The molecule has 0 atom stereocenters. The third-order valence-electron chi connectivity index (χ3n) is 1.71. The summed E-state index contributed by atoms with van der Waals surface area (Å²) in [4.78, 5) is 0. The van der Waals surface area contributed by atoms with E-state index in [-0.39, 0.29) is 6.61 Å². The quantitative estimate of drug-likeness (QED) is 0.690. The van der Waals surface area contributed by atoms with E-state index in [0.29, 0.717) is 0 Å². The van der Waals surface area contributed by atoms with Crippen LogP contribution in [0.1, 0.15) is 27.7 Å². The van der Waals surface area contributed by atoms with Crippen LogP contribution >= 0.6 is 7.37 Å². The first-order chi connectivity index (χ1) is 5.56. The summed E-state index contributed by atoms with van der Waals surface area (Å²) in [6.07, 6.45) is 0. The van der Waals surface area contributed by atoms with E-state index in [1.807, 2.05) is 0 Å². The lowest BCUT2D eigenvalue weighted by atomic mass is 10.5. The van der Waals surface area contributed by atoms with Crippen LogP contribution in [0, 0.1) is 6.92 Å². The van der Waals surface area contributed by atoms with Crippen LogP contribution in [0.2, 0.25) is 0 Å². The molecule has 0 amide bonds. The third kappa shape index (κ3) is 2.53. The van der Waals surface area contributed by atoms with Crippen LogP contribution in [0.4, 0.5) is 0 Å². The summed E-state index contributed by atoms with van der Waals surface area (Å²) in [6, 6.07) is 0. The molecule has 2 N–H and O–H groups in total. The highest BCUT2D eigenvalue weighted by Gasteiger charge is 2.51. The highest BCUT2D eigenvalue weighted by molar-refractivity contribution is 7.61.